The summed E-state index contributed by atoms with van der Waals surface area (Å²) in [6, 6.07) is 13.9. The van der Waals surface area contributed by atoms with Crippen LogP contribution >= 0.6 is 11.8 Å². The van der Waals surface area contributed by atoms with Crippen LogP contribution in [-0.2, 0) is 4.79 Å². The van der Waals surface area contributed by atoms with E-state index in [9.17, 15) is 9.18 Å². The maximum atomic E-state index is 13.9. The largest absolute Gasteiger partial charge is 0.493 e. The number of halogens is 1. The average molecular weight is 384 g/mol. The first-order chi connectivity index (χ1) is 13.1. The van der Waals surface area contributed by atoms with E-state index in [0.29, 0.717) is 16.7 Å². The summed E-state index contributed by atoms with van der Waals surface area (Å²) in [7, 11) is 1.64. The molecule has 27 heavy (non-hydrogen) atoms. The van der Waals surface area contributed by atoms with E-state index >= 15 is 0 Å². The van der Waals surface area contributed by atoms with Crippen LogP contribution in [0.2, 0.25) is 0 Å². The van der Waals surface area contributed by atoms with Gasteiger partial charge in [0.1, 0.15) is 17.3 Å². The number of rotatable bonds is 6. The van der Waals surface area contributed by atoms with E-state index in [1.165, 1.54) is 22.7 Å². The Balaban J connectivity index is 1.86. The van der Waals surface area contributed by atoms with E-state index in [4.69, 9.17) is 4.74 Å². The predicted octanol–water partition coefficient (Wildman–Crippen LogP) is 5.24. The molecule has 0 radical (unpaired) electrons. The molecule has 1 aliphatic rings. The van der Waals surface area contributed by atoms with Crippen LogP contribution in [0.4, 0.5) is 10.1 Å². The van der Waals surface area contributed by atoms with Crippen molar-refractivity contribution in [1.29, 1.82) is 0 Å². The average Bonchev–Trinajstić information content (AvgIpc) is 2.93. The van der Waals surface area contributed by atoms with Crippen molar-refractivity contribution in [3.05, 3.63) is 64.8 Å². The zero-order valence-corrected chi connectivity index (χ0v) is 16.1. The van der Waals surface area contributed by atoms with Crippen LogP contribution in [-0.4, -0.2) is 29.6 Å². The summed E-state index contributed by atoms with van der Waals surface area (Å²) >= 11 is 1.23. The third-order valence-corrected chi connectivity index (χ3v) is 5.09. The van der Waals surface area contributed by atoms with Gasteiger partial charge in [0.15, 0.2) is 5.17 Å². The number of nitrogens with zero attached hydrogens (tertiary/aromatic N) is 2. The lowest BCUT2D eigenvalue weighted by atomic mass is 10.2. The number of amidine groups is 1. The lowest BCUT2D eigenvalue weighted by molar-refractivity contribution is -0.121. The van der Waals surface area contributed by atoms with Crippen molar-refractivity contribution in [3.63, 3.8) is 0 Å². The predicted molar refractivity (Wildman–Crippen MR) is 109 cm³/mol. The Hall–Kier alpha value is -2.60. The summed E-state index contributed by atoms with van der Waals surface area (Å²) in [5.74, 6) is 0.158. The lowest BCUT2D eigenvalue weighted by Gasteiger charge is -2.09. The van der Waals surface area contributed by atoms with E-state index in [-0.39, 0.29) is 11.6 Å². The molecule has 4 nitrogen and oxygen atoms in total. The van der Waals surface area contributed by atoms with Gasteiger partial charge in [-0.1, -0.05) is 43.7 Å². The molecule has 3 rings (SSSR count). The number of para-hydroxylation sites is 2. The first-order valence-corrected chi connectivity index (χ1v) is 9.64. The fourth-order valence-electron chi connectivity index (χ4n) is 2.50. The lowest BCUT2D eigenvalue weighted by Crippen LogP contribution is -2.23. The van der Waals surface area contributed by atoms with Crippen molar-refractivity contribution < 1.29 is 13.9 Å². The molecule has 0 unspecified atom stereocenters. The molecule has 1 fully saturated rings. The monoisotopic (exact) mass is 384 g/mol. The smallest absolute Gasteiger partial charge is 0.266 e. The number of likely N-dealkylation sites (N-methyl/N-ethyl adjacent to an activating group) is 1. The molecular weight excluding hydrogens is 363 g/mol. The number of hydrogen-bond donors (Lipinski definition) is 0. The maximum absolute atomic E-state index is 13.9. The van der Waals surface area contributed by atoms with E-state index in [0.717, 1.165) is 24.2 Å². The molecular formula is C21H21FN2O2S. The van der Waals surface area contributed by atoms with Gasteiger partial charge in [0.05, 0.1) is 11.5 Å². The molecule has 0 aliphatic carbocycles. The van der Waals surface area contributed by atoms with E-state index in [1.54, 1.807) is 31.3 Å². The van der Waals surface area contributed by atoms with Gasteiger partial charge in [0.2, 0.25) is 0 Å². The van der Waals surface area contributed by atoms with Gasteiger partial charge < -0.3 is 4.74 Å². The Morgan fingerprint density at radius 2 is 1.93 bits per heavy atom. The Bertz CT molecular complexity index is 895. The molecule has 1 saturated heterocycles. The zero-order chi connectivity index (χ0) is 19.2. The third-order valence-electron chi connectivity index (χ3n) is 4.03. The highest BCUT2D eigenvalue weighted by molar-refractivity contribution is 8.18. The van der Waals surface area contributed by atoms with Gasteiger partial charge in [0.25, 0.3) is 5.91 Å². The highest BCUT2D eigenvalue weighted by atomic mass is 32.2. The molecule has 140 valence electrons. The summed E-state index contributed by atoms with van der Waals surface area (Å²) in [5.41, 5.74) is 1.05. The first-order valence-electron chi connectivity index (χ1n) is 8.82. The highest BCUT2D eigenvalue weighted by Gasteiger charge is 2.30. The molecule has 2 aromatic rings. The van der Waals surface area contributed by atoms with Crippen LogP contribution in [0.3, 0.4) is 0 Å². The van der Waals surface area contributed by atoms with Crippen LogP contribution in [0.15, 0.2) is 58.4 Å². The van der Waals surface area contributed by atoms with Gasteiger partial charge in [-0.15, -0.1) is 0 Å². The Morgan fingerprint density at radius 3 is 2.70 bits per heavy atom. The van der Waals surface area contributed by atoms with Crippen molar-refractivity contribution in [2.24, 2.45) is 4.99 Å². The normalized spacial score (nSPS) is 17.1. The van der Waals surface area contributed by atoms with E-state index < -0.39 is 5.82 Å². The number of carbonyl (C=O) groups is 1. The number of hydrogen-bond acceptors (Lipinski definition) is 4. The molecule has 1 aliphatic heterocycles. The van der Waals surface area contributed by atoms with Crippen LogP contribution < -0.4 is 4.74 Å². The highest BCUT2D eigenvalue weighted by Crippen LogP contribution is 2.35. The third kappa shape index (κ3) is 4.57. The minimum Gasteiger partial charge on any atom is -0.493 e. The minimum atomic E-state index is -0.418. The number of unbranched alkanes of at least 4 members (excludes halogenated alkanes) is 1. The zero-order valence-electron chi connectivity index (χ0n) is 15.3. The van der Waals surface area contributed by atoms with Crippen molar-refractivity contribution in [2.75, 3.05) is 13.7 Å². The molecule has 6 heteroatoms. The molecule has 0 aromatic heterocycles. The number of carbonyl (C=O) groups excluding carboxylic acids is 1. The second-order valence-electron chi connectivity index (χ2n) is 6.06. The SMILES string of the molecule is CCCCOc1ccccc1/C=C1/SC(=Nc2ccccc2F)N(C)C1=O. The Labute approximate surface area is 162 Å². The standard InChI is InChI=1S/C21H21FN2O2S/c1-3-4-13-26-18-12-8-5-9-15(18)14-19-20(25)24(2)21(27-19)23-17-11-7-6-10-16(17)22/h5-12,14H,3-4,13H2,1-2H3/b19-14+,23-21?. The molecule has 0 spiro atoms. The van der Waals surface area contributed by atoms with Crippen LogP contribution in [0, 0.1) is 5.82 Å². The summed E-state index contributed by atoms with van der Waals surface area (Å²) in [6.45, 7) is 2.75. The van der Waals surface area contributed by atoms with E-state index in [2.05, 4.69) is 11.9 Å². The fourth-order valence-corrected chi connectivity index (χ4v) is 3.47. The molecule has 1 heterocycles. The van der Waals surface area contributed by atoms with Gasteiger partial charge >= 0.3 is 0 Å². The number of benzene rings is 2. The van der Waals surface area contributed by atoms with Crippen LogP contribution in [0.5, 0.6) is 5.75 Å². The Morgan fingerprint density at radius 1 is 1.19 bits per heavy atom. The maximum Gasteiger partial charge on any atom is 0.266 e. The second-order valence-corrected chi connectivity index (χ2v) is 7.07. The topological polar surface area (TPSA) is 41.9 Å². The van der Waals surface area contributed by atoms with Crippen LogP contribution in [0.25, 0.3) is 6.08 Å². The van der Waals surface area contributed by atoms with Crippen molar-refractivity contribution in [3.8, 4) is 5.75 Å². The van der Waals surface area contributed by atoms with Gasteiger partial charge in [-0.25, -0.2) is 9.38 Å². The van der Waals surface area contributed by atoms with E-state index in [1.807, 2.05) is 24.3 Å². The quantitative estimate of drug-likeness (QED) is 0.505. The molecule has 2 aromatic carbocycles. The first kappa shape index (κ1) is 19.2. The molecule has 0 bridgehead atoms. The van der Waals surface area contributed by atoms with Gasteiger partial charge in [0, 0.05) is 12.6 Å². The number of amides is 1. The van der Waals surface area contributed by atoms with Crippen molar-refractivity contribution >= 4 is 34.6 Å². The fraction of sp³-hybridized carbons (Fsp3) is 0.238. The molecule has 0 atom stereocenters. The number of ether oxygens (including phenoxy) is 1. The Kier molecular flexibility index (Phi) is 6.29. The summed E-state index contributed by atoms with van der Waals surface area (Å²) in [6.07, 6.45) is 3.83. The molecule has 1 amide bonds. The summed E-state index contributed by atoms with van der Waals surface area (Å²) in [5, 5.41) is 0.445. The van der Waals surface area contributed by atoms with Gasteiger partial charge in [-0.05, 0) is 42.5 Å². The second kappa shape index (κ2) is 8.86. The van der Waals surface area contributed by atoms with Crippen molar-refractivity contribution in [1.82, 2.24) is 4.90 Å². The summed E-state index contributed by atoms with van der Waals surface area (Å²) < 4.78 is 19.7. The van der Waals surface area contributed by atoms with Gasteiger partial charge in [-0.2, -0.15) is 0 Å². The molecule has 0 saturated carbocycles. The van der Waals surface area contributed by atoms with Gasteiger partial charge in [-0.3, -0.25) is 9.69 Å². The van der Waals surface area contributed by atoms with Crippen LogP contribution in [0.1, 0.15) is 25.3 Å². The number of aliphatic imine (C=N–C) groups is 1. The molecule has 0 N–H and O–H groups in total. The van der Waals surface area contributed by atoms with Crippen molar-refractivity contribution in [2.45, 2.75) is 19.8 Å². The minimum absolute atomic E-state index is 0.168. The number of thioether (sulfide) groups is 1. The summed E-state index contributed by atoms with van der Waals surface area (Å²) in [4.78, 5) is 18.9.